The van der Waals surface area contributed by atoms with Crippen LogP contribution in [0.25, 0.3) is 0 Å². The van der Waals surface area contributed by atoms with E-state index in [0.29, 0.717) is 12.1 Å². The summed E-state index contributed by atoms with van der Waals surface area (Å²) >= 11 is 0. The highest BCUT2D eigenvalue weighted by Gasteiger charge is 2.22. The standard InChI is InChI=1S/C13H20N2/c1-10(2)15(3)12-8-11-6-4-5-7-13(11)14-9-12/h4-7,10,12,14H,8-9H2,1-3H3. The van der Waals surface area contributed by atoms with Crippen LogP contribution in [0.2, 0.25) is 0 Å². The van der Waals surface area contributed by atoms with Gasteiger partial charge in [-0.15, -0.1) is 0 Å². The lowest BCUT2D eigenvalue weighted by molar-refractivity contribution is 0.199. The van der Waals surface area contributed by atoms with Crippen molar-refractivity contribution >= 4 is 5.69 Å². The Morgan fingerprint density at radius 2 is 2.07 bits per heavy atom. The number of para-hydroxylation sites is 1. The first kappa shape index (κ1) is 10.5. The molecule has 1 atom stereocenters. The first-order chi connectivity index (χ1) is 7.18. The zero-order valence-electron chi connectivity index (χ0n) is 9.83. The lowest BCUT2D eigenvalue weighted by Gasteiger charge is -2.35. The molecular weight excluding hydrogens is 184 g/mol. The Morgan fingerprint density at radius 3 is 2.80 bits per heavy atom. The van der Waals surface area contributed by atoms with E-state index in [-0.39, 0.29) is 0 Å². The maximum atomic E-state index is 3.51. The van der Waals surface area contributed by atoms with E-state index in [1.165, 1.54) is 11.3 Å². The van der Waals surface area contributed by atoms with Gasteiger partial charge in [0.05, 0.1) is 0 Å². The van der Waals surface area contributed by atoms with E-state index in [4.69, 9.17) is 0 Å². The van der Waals surface area contributed by atoms with Gasteiger partial charge in [0.15, 0.2) is 0 Å². The van der Waals surface area contributed by atoms with Gasteiger partial charge in [-0.1, -0.05) is 18.2 Å². The number of likely N-dealkylation sites (N-methyl/N-ethyl adjacent to an activating group) is 1. The summed E-state index contributed by atoms with van der Waals surface area (Å²) in [5.41, 5.74) is 2.76. The van der Waals surface area contributed by atoms with Gasteiger partial charge < -0.3 is 5.32 Å². The highest BCUT2D eigenvalue weighted by atomic mass is 15.2. The molecule has 2 rings (SSSR count). The second-order valence-corrected chi connectivity index (χ2v) is 4.66. The van der Waals surface area contributed by atoms with Crippen LogP contribution in [-0.2, 0) is 6.42 Å². The Kier molecular flexibility index (Phi) is 2.96. The third-order valence-electron chi connectivity index (χ3n) is 3.39. The minimum atomic E-state index is 0.613. The topological polar surface area (TPSA) is 15.3 Å². The normalized spacial score (nSPS) is 20.2. The van der Waals surface area contributed by atoms with Gasteiger partial charge in [0.25, 0.3) is 0 Å². The average Bonchev–Trinajstić information content (AvgIpc) is 2.27. The van der Waals surface area contributed by atoms with E-state index in [1.807, 2.05) is 0 Å². The molecule has 0 aromatic heterocycles. The number of anilines is 1. The van der Waals surface area contributed by atoms with Crippen molar-refractivity contribution in [3.8, 4) is 0 Å². The van der Waals surface area contributed by atoms with Crippen molar-refractivity contribution in [1.82, 2.24) is 4.90 Å². The van der Waals surface area contributed by atoms with Gasteiger partial charge in [-0.25, -0.2) is 0 Å². The number of hydrogen-bond donors (Lipinski definition) is 1. The molecule has 1 aromatic carbocycles. The number of rotatable bonds is 2. The van der Waals surface area contributed by atoms with Gasteiger partial charge in [-0.05, 0) is 38.9 Å². The number of hydrogen-bond acceptors (Lipinski definition) is 2. The van der Waals surface area contributed by atoms with E-state index in [2.05, 4.69) is 55.4 Å². The maximum Gasteiger partial charge on any atom is 0.0373 e. The molecule has 1 unspecified atom stereocenters. The molecule has 0 spiro atoms. The highest BCUT2D eigenvalue weighted by molar-refractivity contribution is 5.53. The molecular formula is C13H20N2. The van der Waals surface area contributed by atoms with Gasteiger partial charge in [0.1, 0.15) is 0 Å². The third-order valence-corrected chi connectivity index (χ3v) is 3.39. The van der Waals surface area contributed by atoms with E-state index < -0.39 is 0 Å². The maximum absolute atomic E-state index is 3.51. The van der Waals surface area contributed by atoms with Crippen LogP contribution in [0, 0.1) is 0 Å². The molecule has 0 saturated carbocycles. The summed E-state index contributed by atoms with van der Waals surface area (Å²) in [4.78, 5) is 2.45. The minimum absolute atomic E-state index is 0.613. The smallest absolute Gasteiger partial charge is 0.0373 e. The molecule has 1 aromatic rings. The molecule has 0 aliphatic carbocycles. The molecule has 0 radical (unpaired) electrons. The van der Waals surface area contributed by atoms with E-state index in [1.54, 1.807) is 0 Å². The SMILES string of the molecule is CC(C)N(C)C1CNc2ccccc2C1. The molecule has 2 nitrogen and oxygen atoms in total. The van der Waals surface area contributed by atoms with Crippen LogP contribution in [0.3, 0.4) is 0 Å². The van der Waals surface area contributed by atoms with E-state index in [9.17, 15) is 0 Å². The van der Waals surface area contributed by atoms with Gasteiger partial charge in [0.2, 0.25) is 0 Å². The molecule has 1 aliphatic rings. The Balaban J connectivity index is 2.12. The zero-order valence-corrected chi connectivity index (χ0v) is 9.83. The Morgan fingerprint density at radius 1 is 1.33 bits per heavy atom. The largest absolute Gasteiger partial charge is 0.383 e. The number of fused-ring (bicyclic) bond motifs is 1. The molecule has 1 aliphatic heterocycles. The van der Waals surface area contributed by atoms with Gasteiger partial charge in [0, 0.05) is 24.3 Å². The Labute approximate surface area is 92.3 Å². The van der Waals surface area contributed by atoms with Gasteiger partial charge >= 0.3 is 0 Å². The fraction of sp³-hybridized carbons (Fsp3) is 0.538. The highest BCUT2D eigenvalue weighted by Crippen LogP contribution is 2.23. The van der Waals surface area contributed by atoms with Gasteiger partial charge in [-0.3, -0.25) is 4.90 Å². The van der Waals surface area contributed by atoms with Crippen LogP contribution in [-0.4, -0.2) is 30.6 Å². The molecule has 1 N–H and O–H groups in total. The first-order valence-corrected chi connectivity index (χ1v) is 5.72. The molecule has 0 amide bonds. The van der Waals surface area contributed by atoms with Crippen LogP contribution in [0.5, 0.6) is 0 Å². The summed E-state index contributed by atoms with van der Waals surface area (Å²) in [5, 5.41) is 3.51. The fourth-order valence-electron chi connectivity index (χ4n) is 2.13. The quantitative estimate of drug-likeness (QED) is 0.795. The van der Waals surface area contributed by atoms with Crippen molar-refractivity contribution < 1.29 is 0 Å². The summed E-state index contributed by atoms with van der Waals surface area (Å²) in [6.45, 7) is 5.56. The van der Waals surface area contributed by atoms with Crippen molar-refractivity contribution in [2.24, 2.45) is 0 Å². The number of nitrogens with one attached hydrogen (secondary N) is 1. The molecule has 0 saturated heterocycles. The summed E-state index contributed by atoms with van der Waals surface area (Å²) in [5.74, 6) is 0. The third kappa shape index (κ3) is 2.15. The second kappa shape index (κ2) is 4.23. The number of nitrogens with zero attached hydrogens (tertiary/aromatic N) is 1. The average molecular weight is 204 g/mol. The van der Waals surface area contributed by atoms with Crippen LogP contribution >= 0.6 is 0 Å². The van der Waals surface area contributed by atoms with Crippen molar-refractivity contribution in [2.75, 3.05) is 18.9 Å². The number of benzene rings is 1. The van der Waals surface area contributed by atoms with E-state index in [0.717, 1.165) is 13.0 Å². The Hall–Kier alpha value is -1.02. The van der Waals surface area contributed by atoms with Gasteiger partial charge in [-0.2, -0.15) is 0 Å². The van der Waals surface area contributed by atoms with Crippen LogP contribution in [0.4, 0.5) is 5.69 Å². The molecule has 0 fully saturated rings. The lowest BCUT2D eigenvalue weighted by Crippen LogP contribution is -2.44. The van der Waals surface area contributed by atoms with Crippen LogP contribution < -0.4 is 5.32 Å². The van der Waals surface area contributed by atoms with Crippen molar-refractivity contribution in [2.45, 2.75) is 32.4 Å². The summed E-state index contributed by atoms with van der Waals surface area (Å²) in [7, 11) is 2.21. The lowest BCUT2D eigenvalue weighted by atomic mass is 9.98. The monoisotopic (exact) mass is 204 g/mol. The summed E-state index contributed by atoms with van der Waals surface area (Å²) in [6, 6.07) is 9.85. The summed E-state index contributed by atoms with van der Waals surface area (Å²) < 4.78 is 0. The van der Waals surface area contributed by atoms with Crippen molar-refractivity contribution in [3.05, 3.63) is 29.8 Å². The fourth-order valence-corrected chi connectivity index (χ4v) is 2.13. The molecule has 15 heavy (non-hydrogen) atoms. The predicted octanol–water partition coefficient (Wildman–Crippen LogP) is 2.36. The second-order valence-electron chi connectivity index (χ2n) is 4.66. The van der Waals surface area contributed by atoms with Crippen LogP contribution in [0.15, 0.2) is 24.3 Å². The molecule has 82 valence electrons. The molecule has 1 heterocycles. The van der Waals surface area contributed by atoms with Crippen molar-refractivity contribution in [3.63, 3.8) is 0 Å². The minimum Gasteiger partial charge on any atom is -0.383 e. The van der Waals surface area contributed by atoms with Crippen molar-refractivity contribution in [1.29, 1.82) is 0 Å². The predicted molar refractivity (Wildman–Crippen MR) is 65.3 cm³/mol. The van der Waals surface area contributed by atoms with E-state index >= 15 is 0 Å². The zero-order chi connectivity index (χ0) is 10.8. The van der Waals surface area contributed by atoms with Crippen LogP contribution in [0.1, 0.15) is 19.4 Å². The molecule has 2 heteroatoms. The Bertz CT molecular complexity index is 333. The first-order valence-electron chi connectivity index (χ1n) is 5.72. The molecule has 0 bridgehead atoms. The summed E-state index contributed by atoms with van der Waals surface area (Å²) in [6.07, 6.45) is 1.16.